The molecule has 1 aliphatic heterocycles. The zero-order valence-electron chi connectivity index (χ0n) is 11.5. The minimum atomic E-state index is -3.19. The molecule has 1 aliphatic rings. The van der Waals surface area contributed by atoms with Gasteiger partial charge in [0.2, 0.25) is 10.0 Å². The third kappa shape index (κ3) is 3.55. The number of sulfonamides is 1. The van der Waals surface area contributed by atoms with E-state index in [0.717, 1.165) is 12.1 Å². The summed E-state index contributed by atoms with van der Waals surface area (Å²) in [5.74, 6) is 0.368. The first-order valence-electron chi connectivity index (χ1n) is 6.76. The van der Waals surface area contributed by atoms with Crippen molar-refractivity contribution in [2.45, 2.75) is 19.9 Å². The van der Waals surface area contributed by atoms with Crippen LogP contribution in [-0.2, 0) is 10.0 Å². The van der Waals surface area contributed by atoms with Gasteiger partial charge in [-0.25, -0.2) is 8.42 Å². The molecular formula is C14H22N2O2S. The number of benzene rings is 1. The first kappa shape index (κ1) is 14.5. The second kappa shape index (κ2) is 6.03. The van der Waals surface area contributed by atoms with Crippen LogP contribution in [0.3, 0.4) is 0 Å². The average molecular weight is 282 g/mol. The molecule has 0 radical (unpaired) electrons. The van der Waals surface area contributed by atoms with Crippen LogP contribution >= 0.6 is 0 Å². The van der Waals surface area contributed by atoms with E-state index in [9.17, 15) is 8.42 Å². The van der Waals surface area contributed by atoms with Gasteiger partial charge in [0.1, 0.15) is 0 Å². The van der Waals surface area contributed by atoms with Crippen molar-refractivity contribution in [2.24, 2.45) is 5.92 Å². The molecule has 0 spiro atoms. The largest absolute Gasteiger partial charge is 0.313 e. The number of piperazine rings is 1. The molecule has 1 heterocycles. The molecule has 1 aromatic rings. The maximum atomic E-state index is 12.5. The summed E-state index contributed by atoms with van der Waals surface area (Å²) in [5.41, 5.74) is 1.06. The summed E-state index contributed by atoms with van der Waals surface area (Å²) >= 11 is 0. The number of nitrogens with zero attached hydrogens (tertiary/aromatic N) is 1. The second-order valence-electron chi connectivity index (χ2n) is 5.41. The highest BCUT2D eigenvalue weighted by atomic mass is 32.2. The Morgan fingerprint density at radius 2 is 2.00 bits per heavy atom. The molecule has 0 aromatic heterocycles. The predicted molar refractivity (Wildman–Crippen MR) is 77.4 cm³/mol. The molecule has 19 heavy (non-hydrogen) atoms. The van der Waals surface area contributed by atoms with Crippen molar-refractivity contribution in [1.29, 1.82) is 0 Å². The fourth-order valence-electron chi connectivity index (χ4n) is 2.49. The monoisotopic (exact) mass is 282 g/mol. The highest BCUT2D eigenvalue weighted by molar-refractivity contribution is 7.89. The van der Waals surface area contributed by atoms with E-state index in [1.54, 1.807) is 4.31 Å². The molecule has 1 N–H and O–H groups in total. The summed E-state index contributed by atoms with van der Waals surface area (Å²) in [6, 6.07) is 9.77. The van der Waals surface area contributed by atoms with Crippen LogP contribution < -0.4 is 5.32 Å². The summed E-state index contributed by atoms with van der Waals surface area (Å²) in [5, 5.41) is 3.28. The van der Waals surface area contributed by atoms with E-state index in [1.807, 2.05) is 44.2 Å². The molecule has 5 heteroatoms. The van der Waals surface area contributed by atoms with E-state index >= 15 is 0 Å². The van der Waals surface area contributed by atoms with Crippen LogP contribution in [0.4, 0.5) is 0 Å². The van der Waals surface area contributed by atoms with E-state index in [0.29, 0.717) is 13.1 Å². The van der Waals surface area contributed by atoms with Gasteiger partial charge in [-0.2, -0.15) is 4.31 Å². The molecule has 106 valence electrons. The van der Waals surface area contributed by atoms with Crippen LogP contribution in [-0.4, -0.2) is 38.1 Å². The lowest BCUT2D eigenvalue weighted by molar-refractivity contribution is 0.270. The fraction of sp³-hybridized carbons (Fsp3) is 0.571. The molecule has 1 aromatic carbocycles. The molecule has 0 bridgehead atoms. The van der Waals surface area contributed by atoms with Crippen LogP contribution in [0.15, 0.2) is 30.3 Å². The zero-order valence-corrected chi connectivity index (χ0v) is 12.4. The lowest BCUT2D eigenvalue weighted by Gasteiger charge is -2.35. The number of hydrogen-bond acceptors (Lipinski definition) is 3. The van der Waals surface area contributed by atoms with Crippen molar-refractivity contribution in [3.05, 3.63) is 35.9 Å². The molecular weight excluding hydrogens is 260 g/mol. The minimum absolute atomic E-state index is 0.0845. The first-order valence-corrected chi connectivity index (χ1v) is 8.37. The van der Waals surface area contributed by atoms with Gasteiger partial charge in [-0.1, -0.05) is 44.2 Å². The van der Waals surface area contributed by atoms with E-state index in [-0.39, 0.29) is 17.7 Å². The van der Waals surface area contributed by atoms with Gasteiger partial charge in [-0.15, -0.1) is 0 Å². The highest BCUT2D eigenvalue weighted by Gasteiger charge is 2.33. The van der Waals surface area contributed by atoms with Gasteiger partial charge in [0.15, 0.2) is 0 Å². The molecule has 4 nitrogen and oxygen atoms in total. The third-order valence-corrected chi connectivity index (χ3v) is 5.52. The number of hydrogen-bond donors (Lipinski definition) is 1. The zero-order chi connectivity index (χ0) is 13.9. The summed E-state index contributed by atoms with van der Waals surface area (Å²) in [7, 11) is -3.19. The molecule has 1 saturated heterocycles. The van der Waals surface area contributed by atoms with Crippen LogP contribution in [0.25, 0.3) is 0 Å². The molecule has 0 aliphatic carbocycles. The Hall–Kier alpha value is -0.910. The van der Waals surface area contributed by atoms with Gasteiger partial charge in [-0.05, 0) is 11.5 Å². The Labute approximate surface area is 115 Å². The molecule has 1 fully saturated rings. The van der Waals surface area contributed by atoms with E-state index in [2.05, 4.69) is 5.32 Å². The fourth-order valence-corrected chi connectivity index (χ4v) is 4.48. The Morgan fingerprint density at radius 3 is 2.63 bits per heavy atom. The van der Waals surface area contributed by atoms with Crippen molar-refractivity contribution >= 4 is 10.0 Å². The number of rotatable bonds is 4. The standard InChI is InChI=1S/C14H22N2O2S/c1-12(2)11-19(17,18)16-9-8-15-10-14(16)13-6-4-3-5-7-13/h3-7,12,14-15H,8-11H2,1-2H3. The lowest BCUT2D eigenvalue weighted by Crippen LogP contribution is -2.49. The number of nitrogens with one attached hydrogen (secondary N) is 1. The summed E-state index contributed by atoms with van der Waals surface area (Å²) in [4.78, 5) is 0. The third-order valence-electron chi connectivity index (χ3n) is 3.28. The second-order valence-corrected chi connectivity index (χ2v) is 7.38. The quantitative estimate of drug-likeness (QED) is 0.913. The van der Waals surface area contributed by atoms with Gasteiger partial charge in [0.25, 0.3) is 0 Å². The summed E-state index contributed by atoms with van der Waals surface area (Å²) in [6.45, 7) is 5.84. The Morgan fingerprint density at radius 1 is 1.32 bits per heavy atom. The van der Waals surface area contributed by atoms with E-state index < -0.39 is 10.0 Å². The van der Waals surface area contributed by atoms with Gasteiger partial charge >= 0.3 is 0 Å². The molecule has 1 unspecified atom stereocenters. The summed E-state index contributed by atoms with van der Waals surface area (Å²) < 4.78 is 26.6. The smallest absolute Gasteiger partial charge is 0.214 e. The van der Waals surface area contributed by atoms with Crippen molar-refractivity contribution in [3.63, 3.8) is 0 Å². The minimum Gasteiger partial charge on any atom is -0.313 e. The van der Waals surface area contributed by atoms with Gasteiger partial charge < -0.3 is 5.32 Å². The van der Waals surface area contributed by atoms with Crippen LogP contribution in [0, 0.1) is 5.92 Å². The lowest BCUT2D eigenvalue weighted by atomic mass is 10.1. The Kier molecular flexibility index (Phi) is 4.60. The average Bonchev–Trinajstić information content (AvgIpc) is 2.38. The first-order chi connectivity index (χ1) is 9.00. The van der Waals surface area contributed by atoms with Crippen molar-refractivity contribution < 1.29 is 8.42 Å². The predicted octanol–water partition coefficient (Wildman–Crippen LogP) is 1.62. The maximum absolute atomic E-state index is 12.5. The summed E-state index contributed by atoms with van der Waals surface area (Å²) in [6.07, 6.45) is 0. The van der Waals surface area contributed by atoms with E-state index in [4.69, 9.17) is 0 Å². The SMILES string of the molecule is CC(C)CS(=O)(=O)N1CCNCC1c1ccccc1. The topological polar surface area (TPSA) is 49.4 Å². The molecule has 0 saturated carbocycles. The van der Waals surface area contributed by atoms with Crippen molar-refractivity contribution in [1.82, 2.24) is 9.62 Å². The highest BCUT2D eigenvalue weighted by Crippen LogP contribution is 2.25. The molecule has 1 atom stereocenters. The van der Waals surface area contributed by atoms with Crippen molar-refractivity contribution in [3.8, 4) is 0 Å². The van der Waals surface area contributed by atoms with E-state index in [1.165, 1.54) is 0 Å². The Balaban J connectivity index is 2.26. The van der Waals surface area contributed by atoms with Crippen LogP contribution in [0.2, 0.25) is 0 Å². The molecule has 2 rings (SSSR count). The normalized spacial score (nSPS) is 21.7. The van der Waals surface area contributed by atoms with Gasteiger partial charge in [-0.3, -0.25) is 0 Å². The van der Waals surface area contributed by atoms with Gasteiger partial charge in [0, 0.05) is 19.6 Å². The van der Waals surface area contributed by atoms with Crippen LogP contribution in [0.5, 0.6) is 0 Å². The Bertz CT molecular complexity index is 499. The van der Waals surface area contributed by atoms with Crippen LogP contribution in [0.1, 0.15) is 25.5 Å². The van der Waals surface area contributed by atoms with Crippen molar-refractivity contribution in [2.75, 3.05) is 25.4 Å². The maximum Gasteiger partial charge on any atom is 0.214 e. The van der Waals surface area contributed by atoms with Gasteiger partial charge in [0.05, 0.1) is 11.8 Å². The molecule has 0 amide bonds.